The van der Waals surface area contributed by atoms with Gasteiger partial charge in [0.05, 0.1) is 39.6 Å². The van der Waals surface area contributed by atoms with Gasteiger partial charge < -0.3 is 14.9 Å². The van der Waals surface area contributed by atoms with Gasteiger partial charge in [-0.2, -0.15) is 9.46 Å². The molecule has 2 aliphatic rings. The summed E-state index contributed by atoms with van der Waals surface area (Å²) < 4.78 is 18.8. The quantitative estimate of drug-likeness (QED) is 0.710. The Morgan fingerprint density at radius 1 is 1.41 bits per heavy atom. The predicted octanol–water partition coefficient (Wildman–Crippen LogP) is -0.788. The van der Waals surface area contributed by atoms with Gasteiger partial charge in [0.15, 0.2) is 0 Å². The van der Waals surface area contributed by atoms with E-state index >= 15 is 0 Å². The number of carbonyl (C=O) groups excluding carboxylic acids is 3. The first-order valence-electron chi connectivity index (χ1n) is 8.77. The largest absolute Gasteiger partial charge is 0.387 e. The van der Waals surface area contributed by atoms with Gasteiger partial charge in [-0.3, -0.25) is 19.1 Å². The number of nitrogens with zero attached hydrogens (tertiary/aromatic N) is 5. The molecule has 1 aromatic rings. The molecule has 1 saturated heterocycles. The molecule has 0 aromatic carbocycles. The highest BCUT2D eigenvalue weighted by molar-refractivity contribution is 7.93. The van der Waals surface area contributed by atoms with Gasteiger partial charge in [-0.1, -0.05) is 0 Å². The maximum atomic E-state index is 13.2. The lowest BCUT2D eigenvalue weighted by atomic mass is 10.2. The van der Waals surface area contributed by atoms with Crippen LogP contribution >= 0.6 is 0 Å². The van der Waals surface area contributed by atoms with Crippen molar-refractivity contribution in [2.75, 3.05) is 26.0 Å². The molecule has 1 fully saturated rings. The van der Waals surface area contributed by atoms with E-state index in [2.05, 4.69) is 9.46 Å². The smallest absolute Gasteiger partial charge is 0.276 e. The molecule has 1 N–H and O–H groups in total. The van der Waals surface area contributed by atoms with Crippen molar-refractivity contribution in [1.82, 2.24) is 19.6 Å². The Hall–Kier alpha value is -2.27. The van der Waals surface area contributed by atoms with Crippen LogP contribution in [0.2, 0.25) is 0 Å². The molecule has 3 heterocycles. The number of carbonyl (C=O) groups is 3. The van der Waals surface area contributed by atoms with E-state index in [-0.39, 0.29) is 18.9 Å². The van der Waals surface area contributed by atoms with Crippen LogP contribution in [-0.2, 0) is 37.2 Å². The van der Waals surface area contributed by atoms with E-state index in [0.29, 0.717) is 36.6 Å². The fourth-order valence-corrected chi connectivity index (χ4v) is 4.93. The van der Waals surface area contributed by atoms with Gasteiger partial charge in [-0.15, -0.1) is 0 Å². The lowest BCUT2D eigenvalue weighted by Gasteiger charge is -2.28. The average molecular weight is 397 g/mol. The van der Waals surface area contributed by atoms with Gasteiger partial charge >= 0.3 is 0 Å². The number of aliphatic hydroxyl groups excluding tert-OH is 1. The van der Waals surface area contributed by atoms with Gasteiger partial charge in [0, 0.05) is 25.8 Å². The summed E-state index contributed by atoms with van der Waals surface area (Å²) in [6.07, 6.45) is 3.43. The Morgan fingerprint density at radius 2 is 2.15 bits per heavy atom. The van der Waals surface area contributed by atoms with E-state index in [0.717, 1.165) is 0 Å². The van der Waals surface area contributed by atoms with Crippen molar-refractivity contribution >= 4 is 27.5 Å². The van der Waals surface area contributed by atoms with Crippen molar-refractivity contribution in [2.45, 2.75) is 43.8 Å². The number of amides is 3. The van der Waals surface area contributed by atoms with Crippen molar-refractivity contribution in [3.63, 3.8) is 0 Å². The second-order valence-electron chi connectivity index (χ2n) is 6.62. The Morgan fingerprint density at radius 3 is 2.81 bits per heavy atom. The Kier molecular flexibility index (Phi) is 5.33. The van der Waals surface area contributed by atoms with Gasteiger partial charge in [-0.25, -0.2) is 4.21 Å². The first kappa shape index (κ1) is 19.5. The number of hydrogen-bond acceptors (Lipinski definition) is 6. The SMILES string of the molecule is CCN1C(=O)CCC1C(=O)N=S(C)(=O)c1cnn2c1CN(C(=O)CO)CC2. The molecule has 2 aliphatic heterocycles. The van der Waals surface area contributed by atoms with Crippen LogP contribution in [0.4, 0.5) is 0 Å². The van der Waals surface area contributed by atoms with Crippen LogP contribution in [-0.4, -0.2) is 78.6 Å². The minimum atomic E-state index is -3.10. The van der Waals surface area contributed by atoms with Crippen LogP contribution in [0.3, 0.4) is 0 Å². The van der Waals surface area contributed by atoms with Crippen molar-refractivity contribution < 1.29 is 23.7 Å². The van der Waals surface area contributed by atoms with E-state index in [1.165, 1.54) is 22.3 Å². The topological polar surface area (TPSA) is 125 Å². The lowest BCUT2D eigenvalue weighted by molar-refractivity contribution is -0.135. The normalized spacial score (nSPS) is 21.7. The van der Waals surface area contributed by atoms with Crippen LogP contribution in [0, 0.1) is 0 Å². The van der Waals surface area contributed by atoms with E-state index in [1.54, 1.807) is 11.6 Å². The number of aromatic nitrogens is 2. The maximum Gasteiger partial charge on any atom is 0.276 e. The molecule has 0 radical (unpaired) electrons. The first-order valence-corrected chi connectivity index (χ1v) is 10.7. The second-order valence-corrected chi connectivity index (χ2v) is 8.85. The molecular weight excluding hydrogens is 374 g/mol. The highest BCUT2D eigenvalue weighted by Gasteiger charge is 2.36. The maximum absolute atomic E-state index is 13.2. The van der Waals surface area contributed by atoms with Crippen molar-refractivity contribution in [1.29, 1.82) is 0 Å². The van der Waals surface area contributed by atoms with Gasteiger partial charge in [0.1, 0.15) is 12.6 Å². The minimum absolute atomic E-state index is 0.102. The summed E-state index contributed by atoms with van der Waals surface area (Å²) in [6.45, 7) is 2.53. The fraction of sp³-hybridized carbons (Fsp3) is 0.625. The number of aliphatic hydroxyl groups is 1. The third kappa shape index (κ3) is 3.61. The molecule has 148 valence electrons. The molecule has 1 aromatic heterocycles. The molecule has 0 saturated carbocycles. The molecule has 27 heavy (non-hydrogen) atoms. The van der Waals surface area contributed by atoms with Crippen LogP contribution in [0.15, 0.2) is 15.5 Å². The number of fused-ring (bicyclic) bond motifs is 1. The Bertz CT molecular complexity index is 901. The van der Waals surface area contributed by atoms with E-state index in [4.69, 9.17) is 5.11 Å². The molecule has 3 rings (SSSR count). The van der Waals surface area contributed by atoms with Crippen molar-refractivity contribution in [3.8, 4) is 0 Å². The highest BCUT2D eigenvalue weighted by Crippen LogP contribution is 2.24. The van der Waals surface area contributed by atoms with Gasteiger partial charge in [0.25, 0.3) is 5.91 Å². The summed E-state index contributed by atoms with van der Waals surface area (Å²) >= 11 is 0. The summed E-state index contributed by atoms with van der Waals surface area (Å²) in [7, 11) is -3.10. The van der Waals surface area contributed by atoms with Crippen LogP contribution < -0.4 is 0 Å². The minimum Gasteiger partial charge on any atom is -0.387 e. The van der Waals surface area contributed by atoms with Crippen LogP contribution in [0.5, 0.6) is 0 Å². The number of likely N-dealkylation sites (N-methyl/N-ethyl adjacent to an activating group) is 1. The molecular formula is C16H23N5O5S. The summed E-state index contributed by atoms with van der Waals surface area (Å²) in [5, 5.41) is 13.3. The van der Waals surface area contributed by atoms with Gasteiger partial charge in [-0.05, 0) is 13.3 Å². The molecule has 3 amide bonds. The molecule has 11 heteroatoms. The summed E-state index contributed by atoms with van der Waals surface area (Å²) in [5.41, 5.74) is 0.543. The zero-order valence-corrected chi connectivity index (χ0v) is 16.1. The lowest BCUT2D eigenvalue weighted by Crippen LogP contribution is -2.40. The van der Waals surface area contributed by atoms with E-state index in [9.17, 15) is 18.6 Å². The molecule has 10 nitrogen and oxygen atoms in total. The first-order chi connectivity index (χ1) is 12.8. The van der Waals surface area contributed by atoms with Crippen LogP contribution in [0.1, 0.15) is 25.5 Å². The number of rotatable bonds is 4. The van der Waals surface area contributed by atoms with E-state index in [1.807, 2.05) is 0 Å². The van der Waals surface area contributed by atoms with E-state index < -0.39 is 34.2 Å². The zero-order chi connectivity index (χ0) is 19.8. The average Bonchev–Trinajstić information content (AvgIpc) is 3.23. The Labute approximate surface area is 157 Å². The van der Waals surface area contributed by atoms with Gasteiger partial charge in [0.2, 0.25) is 11.8 Å². The molecule has 2 atom stereocenters. The Balaban J connectivity index is 1.90. The monoisotopic (exact) mass is 397 g/mol. The second kappa shape index (κ2) is 7.39. The van der Waals surface area contributed by atoms with Crippen LogP contribution in [0.25, 0.3) is 0 Å². The van der Waals surface area contributed by atoms with Crippen molar-refractivity contribution in [2.24, 2.45) is 4.36 Å². The summed E-state index contributed by atoms with van der Waals surface area (Å²) in [4.78, 5) is 39.4. The molecule has 2 unspecified atom stereocenters. The molecule has 0 aliphatic carbocycles. The zero-order valence-electron chi connectivity index (χ0n) is 15.3. The number of likely N-dealkylation sites (tertiary alicyclic amines) is 1. The standard InChI is InChI=1S/C16H23N5O5S/c1-3-20-11(4-5-14(20)23)16(25)18-27(2,26)13-8-17-21-7-6-19(9-12(13)21)15(24)10-22/h8,11,22H,3-7,9-10H2,1-2H3. The fourth-order valence-electron chi connectivity index (χ4n) is 3.52. The third-order valence-corrected chi connectivity index (χ3v) is 6.63. The molecule has 0 spiro atoms. The summed E-state index contributed by atoms with van der Waals surface area (Å²) in [6, 6.07) is -0.679. The van der Waals surface area contributed by atoms with Crippen molar-refractivity contribution in [3.05, 3.63) is 11.9 Å². The number of hydrogen-bond donors (Lipinski definition) is 1. The third-order valence-electron chi connectivity index (χ3n) is 4.95. The predicted molar refractivity (Wildman–Crippen MR) is 94.9 cm³/mol. The molecule has 0 bridgehead atoms. The highest BCUT2D eigenvalue weighted by atomic mass is 32.2. The summed E-state index contributed by atoms with van der Waals surface area (Å²) in [5.74, 6) is -1.10.